The van der Waals surface area contributed by atoms with Crippen LogP contribution in [-0.2, 0) is 22.4 Å². The van der Waals surface area contributed by atoms with Gasteiger partial charge in [0.05, 0.1) is 0 Å². The fourth-order valence-corrected chi connectivity index (χ4v) is 3.77. The number of carbonyl (C=O) groups excluding carboxylic acids is 2. The maximum absolute atomic E-state index is 13.0. The Morgan fingerprint density at radius 3 is 2.64 bits per heavy atom. The van der Waals surface area contributed by atoms with Gasteiger partial charge in [0.25, 0.3) is 0 Å². The highest BCUT2D eigenvalue weighted by Crippen LogP contribution is 2.34. The number of rotatable bonds is 5. The first kappa shape index (κ1) is 17.5. The number of likely N-dealkylation sites (N-methyl/N-ethyl adjacent to an activating group) is 1. The lowest BCUT2D eigenvalue weighted by atomic mass is 9.78. The minimum atomic E-state index is -0.736. The number of aryl methyl sites for hydroxylation is 1. The predicted molar refractivity (Wildman–Crippen MR) is 98.1 cm³/mol. The molecule has 6 nitrogen and oxygen atoms in total. The molecule has 2 aromatic rings. The third kappa shape index (κ3) is 3.02. The van der Waals surface area contributed by atoms with Gasteiger partial charge in [-0.2, -0.15) is 0 Å². The summed E-state index contributed by atoms with van der Waals surface area (Å²) in [5.41, 5.74) is 8.18. The summed E-state index contributed by atoms with van der Waals surface area (Å²) in [7, 11) is 1.80. The lowest BCUT2D eigenvalue weighted by Crippen LogP contribution is -2.62. The van der Waals surface area contributed by atoms with E-state index in [1.165, 1.54) is 11.3 Å². The Balaban J connectivity index is 1.91. The van der Waals surface area contributed by atoms with Crippen molar-refractivity contribution < 1.29 is 9.59 Å². The number of fused-ring (bicyclic) bond motifs is 3. The summed E-state index contributed by atoms with van der Waals surface area (Å²) < 4.78 is 0. The zero-order valence-corrected chi connectivity index (χ0v) is 15.0. The van der Waals surface area contributed by atoms with E-state index in [4.69, 9.17) is 5.73 Å². The fourth-order valence-electron chi connectivity index (χ4n) is 3.77. The molecule has 1 aliphatic rings. The average molecular weight is 342 g/mol. The van der Waals surface area contributed by atoms with Crippen molar-refractivity contribution in [2.75, 3.05) is 7.05 Å². The van der Waals surface area contributed by atoms with Gasteiger partial charge in [0, 0.05) is 23.0 Å². The molecule has 1 aromatic carbocycles. The van der Waals surface area contributed by atoms with Crippen molar-refractivity contribution in [3.63, 3.8) is 0 Å². The van der Waals surface area contributed by atoms with Crippen LogP contribution in [0.5, 0.6) is 0 Å². The number of amides is 2. The summed E-state index contributed by atoms with van der Waals surface area (Å²) in [4.78, 5) is 28.2. The van der Waals surface area contributed by atoms with E-state index in [1.807, 2.05) is 26.0 Å². The topological polar surface area (TPSA) is 100 Å². The Hall–Kier alpha value is -2.34. The highest BCUT2D eigenvalue weighted by atomic mass is 16.2. The molecular weight excluding hydrogens is 316 g/mol. The molecule has 0 aliphatic heterocycles. The van der Waals surface area contributed by atoms with E-state index in [1.54, 1.807) is 7.05 Å². The quantitative estimate of drug-likeness (QED) is 0.658. The summed E-state index contributed by atoms with van der Waals surface area (Å²) in [5.74, 6) is -0.718. The second-order valence-corrected chi connectivity index (χ2v) is 7.23. The van der Waals surface area contributed by atoms with E-state index in [-0.39, 0.29) is 11.8 Å². The van der Waals surface area contributed by atoms with Gasteiger partial charge in [-0.05, 0) is 37.4 Å². The Morgan fingerprint density at radius 1 is 1.28 bits per heavy atom. The molecule has 3 rings (SSSR count). The number of H-pyrrole nitrogens is 1. The number of nitrogens with two attached hydrogens (primary N) is 1. The molecule has 0 saturated carbocycles. The van der Waals surface area contributed by atoms with Gasteiger partial charge < -0.3 is 21.4 Å². The number of para-hydroxylation sites is 1. The lowest BCUT2D eigenvalue weighted by Gasteiger charge is -2.37. The standard InChI is InChI=1S/C19H26N4O2/c1-11(2)16(17(20)24)23-18(25)19(21-3)9-8-15-13(10-19)12-6-4-5-7-14(12)22-15/h4-7,11,16,21-22H,8-10H2,1-3H3,(H2,20,24)(H,23,25)/t16-,19-/m0/s1. The Bertz CT molecular complexity index is 811. The third-order valence-electron chi connectivity index (χ3n) is 5.36. The molecule has 0 fully saturated rings. The second-order valence-electron chi connectivity index (χ2n) is 7.23. The summed E-state index contributed by atoms with van der Waals surface area (Å²) in [6, 6.07) is 7.48. The molecule has 2 amide bonds. The Labute approximate surface area is 147 Å². The van der Waals surface area contributed by atoms with Crippen LogP contribution in [0, 0.1) is 5.92 Å². The number of carbonyl (C=O) groups is 2. The van der Waals surface area contributed by atoms with E-state index < -0.39 is 17.5 Å². The smallest absolute Gasteiger partial charge is 0.241 e. The largest absolute Gasteiger partial charge is 0.368 e. The highest BCUT2D eigenvalue weighted by molar-refractivity contribution is 5.93. The number of aromatic nitrogens is 1. The Morgan fingerprint density at radius 2 is 2.00 bits per heavy atom. The van der Waals surface area contributed by atoms with Crippen molar-refractivity contribution >= 4 is 22.7 Å². The monoisotopic (exact) mass is 342 g/mol. The number of benzene rings is 1. The number of aromatic amines is 1. The molecule has 0 saturated heterocycles. The number of primary amides is 1. The van der Waals surface area contributed by atoms with Crippen LogP contribution in [0.15, 0.2) is 24.3 Å². The van der Waals surface area contributed by atoms with Crippen molar-refractivity contribution in [1.82, 2.24) is 15.6 Å². The van der Waals surface area contributed by atoms with Gasteiger partial charge in [-0.1, -0.05) is 32.0 Å². The van der Waals surface area contributed by atoms with Crippen LogP contribution in [0.4, 0.5) is 0 Å². The molecule has 25 heavy (non-hydrogen) atoms. The molecule has 134 valence electrons. The SMILES string of the molecule is CN[C@@]1(C(=O)N[C@H](C(N)=O)C(C)C)CCc2[nH]c3ccccc3c2C1. The first-order valence-electron chi connectivity index (χ1n) is 8.75. The van der Waals surface area contributed by atoms with E-state index in [9.17, 15) is 9.59 Å². The van der Waals surface area contributed by atoms with Gasteiger partial charge in [-0.25, -0.2) is 0 Å². The molecule has 1 heterocycles. The number of hydrogen-bond donors (Lipinski definition) is 4. The maximum atomic E-state index is 13.0. The molecule has 1 aliphatic carbocycles. The van der Waals surface area contributed by atoms with Gasteiger partial charge >= 0.3 is 0 Å². The van der Waals surface area contributed by atoms with E-state index in [0.717, 1.165) is 17.3 Å². The van der Waals surface area contributed by atoms with Crippen molar-refractivity contribution in [3.05, 3.63) is 35.5 Å². The van der Waals surface area contributed by atoms with Crippen LogP contribution in [0.3, 0.4) is 0 Å². The zero-order chi connectivity index (χ0) is 18.2. The molecular formula is C19H26N4O2. The molecule has 2 atom stereocenters. The van der Waals surface area contributed by atoms with E-state index >= 15 is 0 Å². The van der Waals surface area contributed by atoms with Crippen LogP contribution < -0.4 is 16.4 Å². The molecule has 0 bridgehead atoms. The maximum Gasteiger partial charge on any atom is 0.241 e. The normalized spacial score (nSPS) is 21.1. The number of nitrogens with one attached hydrogen (secondary N) is 3. The molecule has 5 N–H and O–H groups in total. The summed E-state index contributed by atoms with van der Waals surface area (Å²) >= 11 is 0. The van der Waals surface area contributed by atoms with Crippen molar-refractivity contribution in [3.8, 4) is 0 Å². The first-order valence-corrected chi connectivity index (χ1v) is 8.75. The van der Waals surface area contributed by atoms with Crippen LogP contribution in [-0.4, -0.2) is 35.4 Å². The van der Waals surface area contributed by atoms with E-state index in [2.05, 4.69) is 27.8 Å². The minimum Gasteiger partial charge on any atom is -0.368 e. The first-order chi connectivity index (χ1) is 11.9. The number of hydrogen-bond acceptors (Lipinski definition) is 3. The Kier molecular flexibility index (Phi) is 4.56. The zero-order valence-electron chi connectivity index (χ0n) is 15.0. The highest BCUT2D eigenvalue weighted by Gasteiger charge is 2.42. The molecule has 0 radical (unpaired) electrons. The molecule has 6 heteroatoms. The molecule has 1 aromatic heterocycles. The van der Waals surface area contributed by atoms with E-state index in [0.29, 0.717) is 12.8 Å². The lowest BCUT2D eigenvalue weighted by molar-refractivity contribution is -0.133. The summed E-state index contributed by atoms with van der Waals surface area (Å²) in [6.45, 7) is 3.75. The van der Waals surface area contributed by atoms with Gasteiger partial charge in [0.15, 0.2) is 0 Å². The van der Waals surface area contributed by atoms with Crippen molar-refractivity contribution in [2.45, 2.75) is 44.7 Å². The van der Waals surface area contributed by atoms with Crippen LogP contribution in [0.1, 0.15) is 31.5 Å². The summed E-state index contributed by atoms with van der Waals surface area (Å²) in [5, 5.41) is 7.23. The molecule has 0 unspecified atom stereocenters. The van der Waals surface area contributed by atoms with Gasteiger partial charge in [0.2, 0.25) is 11.8 Å². The van der Waals surface area contributed by atoms with Crippen molar-refractivity contribution in [1.29, 1.82) is 0 Å². The second kappa shape index (κ2) is 6.52. The average Bonchev–Trinajstić information content (AvgIpc) is 2.96. The molecule has 0 spiro atoms. The summed E-state index contributed by atoms with van der Waals surface area (Å²) in [6.07, 6.45) is 2.03. The fraction of sp³-hybridized carbons (Fsp3) is 0.474. The van der Waals surface area contributed by atoms with Crippen molar-refractivity contribution in [2.24, 2.45) is 11.7 Å². The van der Waals surface area contributed by atoms with Crippen LogP contribution in [0.2, 0.25) is 0 Å². The van der Waals surface area contributed by atoms with Crippen LogP contribution in [0.25, 0.3) is 10.9 Å². The third-order valence-corrected chi connectivity index (χ3v) is 5.36. The predicted octanol–water partition coefficient (Wildman–Crippen LogP) is 1.24. The van der Waals surface area contributed by atoms with Gasteiger partial charge in [-0.15, -0.1) is 0 Å². The van der Waals surface area contributed by atoms with Gasteiger partial charge in [-0.3, -0.25) is 9.59 Å². The minimum absolute atomic E-state index is 0.0532. The van der Waals surface area contributed by atoms with Crippen LogP contribution >= 0.6 is 0 Å². The van der Waals surface area contributed by atoms with Gasteiger partial charge in [0.1, 0.15) is 11.6 Å².